The molecule has 1 saturated carbocycles. The fourth-order valence-electron chi connectivity index (χ4n) is 3.59. The van der Waals surface area contributed by atoms with Crippen LogP contribution in [0.1, 0.15) is 31.2 Å². The standard InChI is InChI=1S/C18H23N3O3/c1-19-18(8-4-5-9-18)17(24)21-15(16(22)23)10-12-11-20-14-7-3-2-6-13(12)14/h2-3,6-7,11,15,19-20H,4-5,8-10H2,1H3,(H,21,24)(H,22,23)/t15-/m1/s1. The number of para-hydroxylation sites is 1. The Labute approximate surface area is 140 Å². The van der Waals surface area contributed by atoms with Gasteiger partial charge in [-0.05, 0) is 31.5 Å². The molecule has 1 aromatic carbocycles. The van der Waals surface area contributed by atoms with Gasteiger partial charge in [0.25, 0.3) is 0 Å². The number of likely N-dealkylation sites (N-methyl/N-ethyl adjacent to an activating group) is 1. The molecule has 0 bridgehead atoms. The van der Waals surface area contributed by atoms with E-state index in [1.54, 1.807) is 7.05 Å². The Balaban J connectivity index is 1.78. The zero-order chi connectivity index (χ0) is 17.2. The van der Waals surface area contributed by atoms with Crippen molar-refractivity contribution in [1.29, 1.82) is 0 Å². The molecule has 1 aliphatic carbocycles. The van der Waals surface area contributed by atoms with E-state index in [1.807, 2.05) is 30.5 Å². The van der Waals surface area contributed by atoms with Crippen LogP contribution in [-0.2, 0) is 16.0 Å². The van der Waals surface area contributed by atoms with E-state index in [4.69, 9.17) is 0 Å². The molecule has 1 fully saturated rings. The van der Waals surface area contributed by atoms with E-state index in [1.165, 1.54) is 0 Å². The van der Waals surface area contributed by atoms with Gasteiger partial charge in [0, 0.05) is 23.5 Å². The zero-order valence-corrected chi connectivity index (χ0v) is 13.8. The molecular weight excluding hydrogens is 306 g/mol. The number of rotatable bonds is 6. The second kappa shape index (κ2) is 6.65. The Morgan fingerprint density at radius 2 is 2.00 bits per heavy atom. The van der Waals surface area contributed by atoms with Crippen LogP contribution in [0.4, 0.5) is 0 Å². The van der Waals surface area contributed by atoms with E-state index in [9.17, 15) is 14.7 Å². The average Bonchev–Trinajstić information content (AvgIpc) is 3.22. The monoisotopic (exact) mass is 329 g/mol. The minimum Gasteiger partial charge on any atom is -0.480 e. The number of aliphatic carboxylic acids is 1. The molecule has 0 saturated heterocycles. The summed E-state index contributed by atoms with van der Waals surface area (Å²) >= 11 is 0. The van der Waals surface area contributed by atoms with Crippen molar-refractivity contribution in [3.63, 3.8) is 0 Å². The first-order valence-corrected chi connectivity index (χ1v) is 8.33. The number of aromatic amines is 1. The SMILES string of the molecule is CNC1(C(=O)N[C@H](Cc2c[nH]c3ccccc23)C(=O)O)CCCC1. The number of hydrogen-bond acceptors (Lipinski definition) is 3. The molecule has 1 amide bonds. The van der Waals surface area contributed by atoms with E-state index in [0.29, 0.717) is 0 Å². The highest BCUT2D eigenvalue weighted by molar-refractivity contribution is 5.91. The number of hydrogen-bond donors (Lipinski definition) is 4. The van der Waals surface area contributed by atoms with Gasteiger partial charge in [-0.3, -0.25) is 4.79 Å². The van der Waals surface area contributed by atoms with Gasteiger partial charge in [0.05, 0.1) is 5.54 Å². The molecule has 0 aliphatic heterocycles. The number of carbonyl (C=O) groups is 2. The summed E-state index contributed by atoms with van der Waals surface area (Å²) in [4.78, 5) is 27.5. The lowest BCUT2D eigenvalue weighted by Crippen LogP contribution is -2.57. The third-order valence-electron chi connectivity index (χ3n) is 5.07. The summed E-state index contributed by atoms with van der Waals surface area (Å²) in [6.45, 7) is 0. The summed E-state index contributed by atoms with van der Waals surface area (Å²) < 4.78 is 0. The van der Waals surface area contributed by atoms with Crippen molar-refractivity contribution in [2.75, 3.05) is 7.05 Å². The van der Waals surface area contributed by atoms with Crippen molar-refractivity contribution in [1.82, 2.24) is 15.6 Å². The molecule has 0 spiro atoms. The fourth-order valence-corrected chi connectivity index (χ4v) is 3.59. The van der Waals surface area contributed by atoms with Crippen LogP contribution in [0.3, 0.4) is 0 Å². The van der Waals surface area contributed by atoms with Crippen LogP contribution in [0, 0.1) is 0 Å². The lowest BCUT2D eigenvalue weighted by Gasteiger charge is -2.29. The number of aromatic nitrogens is 1. The quantitative estimate of drug-likeness (QED) is 0.650. The van der Waals surface area contributed by atoms with Crippen LogP contribution >= 0.6 is 0 Å². The first-order chi connectivity index (χ1) is 11.6. The van der Waals surface area contributed by atoms with Crippen molar-refractivity contribution in [2.24, 2.45) is 0 Å². The molecule has 0 unspecified atom stereocenters. The minimum absolute atomic E-state index is 0.213. The van der Waals surface area contributed by atoms with Crippen molar-refractivity contribution in [3.05, 3.63) is 36.0 Å². The van der Waals surface area contributed by atoms with E-state index < -0.39 is 17.6 Å². The molecule has 3 rings (SSSR count). The Bertz CT molecular complexity index is 747. The van der Waals surface area contributed by atoms with Crippen LogP contribution in [0.2, 0.25) is 0 Å². The molecule has 24 heavy (non-hydrogen) atoms. The van der Waals surface area contributed by atoms with E-state index in [-0.39, 0.29) is 12.3 Å². The molecule has 128 valence electrons. The molecule has 1 heterocycles. The van der Waals surface area contributed by atoms with Gasteiger partial charge in [-0.1, -0.05) is 31.0 Å². The third kappa shape index (κ3) is 3.01. The lowest BCUT2D eigenvalue weighted by molar-refractivity contribution is -0.142. The molecule has 6 nitrogen and oxygen atoms in total. The van der Waals surface area contributed by atoms with Gasteiger partial charge in [-0.25, -0.2) is 4.79 Å². The van der Waals surface area contributed by atoms with Crippen molar-refractivity contribution in [3.8, 4) is 0 Å². The minimum atomic E-state index is -1.02. The number of amides is 1. The molecule has 2 aromatic rings. The van der Waals surface area contributed by atoms with Crippen LogP contribution in [0.5, 0.6) is 0 Å². The number of nitrogens with one attached hydrogen (secondary N) is 3. The normalized spacial score (nSPS) is 17.7. The molecule has 1 aliphatic rings. The maximum Gasteiger partial charge on any atom is 0.326 e. The summed E-state index contributed by atoms with van der Waals surface area (Å²) in [5.41, 5.74) is 1.22. The van der Waals surface area contributed by atoms with Crippen LogP contribution in [-0.4, -0.2) is 40.6 Å². The summed E-state index contributed by atoms with van der Waals surface area (Å²) in [6.07, 6.45) is 5.52. The Hall–Kier alpha value is -2.34. The number of H-pyrrole nitrogens is 1. The molecule has 6 heteroatoms. The average molecular weight is 329 g/mol. The molecule has 1 aromatic heterocycles. The van der Waals surface area contributed by atoms with E-state index in [0.717, 1.165) is 42.1 Å². The highest BCUT2D eigenvalue weighted by Crippen LogP contribution is 2.29. The van der Waals surface area contributed by atoms with E-state index >= 15 is 0 Å². The van der Waals surface area contributed by atoms with Gasteiger partial charge >= 0.3 is 5.97 Å². The van der Waals surface area contributed by atoms with Gasteiger partial charge in [0.15, 0.2) is 0 Å². The highest BCUT2D eigenvalue weighted by Gasteiger charge is 2.41. The maximum absolute atomic E-state index is 12.7. The summed E-state index contributed by atoms with van der Waals surface area (Å²) in [5, 5.41) is 16.4. The molecule has 0 radical (unpaired) electrons. The summed E-state index contributed by atoms with van der Waals surface area (Å²) in [5.74, 6) is -1.23. The number of carboxylic acids is 1. The third-order valence-corrected chi connectivity index (χ3v) is 5.07. The zero-order valence-electron chi connectivity index (χ0n) is 13.8. The largest absolute Gasteiger partial charge is 0.480 e. The molecular formula is C18H23N3O3. The topological polar surface area (TPSA) is 94.2 Å². The second-order valence-corrected chi connectivity index (χ2v) is 6.47. The van der Waals surface area contributed by atoms with Gasteiger partial charge in [0.1, 0.15) is 6.04 Å². The smallest absolute Gasteiger partial charge is 0.326 e. The predicted molar refractivity (Wildman–Crippen MR) is 91.8 cm³/mol. The van der Waals surface area contributed by atoms with Gasteiger partial charge < -0.3 is 20.7 Å². The van der Waals surface area contributed by atoms with Crippen LogP contribution in [0.15, 0.2) is 30.5 Å². The van der Waals surface area contributed by atoms with E-state index in [2.05, 4.69) is 15.6 Å². The molecule has 4 N–H and O–H groups in total. The van der Waals surface area contributed by atoms with Crippen molar-refractivity contribution < 1.29 is 14.7 Å². The van der Waals surface area contributed by atoms with Gasteiger partial charge in [0.2, 0.25) is 5.91 Å². The number of carboxylic acid groups (broad SMARTS) is 1. The van der Waals surface area contributed by atoms with Crippen LogP contribution in [0.25, 0.3) is 10.9 Å². The first-order valence-electron chi connectivity index (χ1n) is 8.33. The van der Waals surface area contributed by atoms with Crippen molar-refractivity contribution >= 4 is 22.8 Å². The van der Waals surface area contributed by atoms with Crippen molar-refractivity contribution in [2.45, 2.75) is 43.7 Å². The Kier molecular flexibility index (Phi) is 4.57. The highest BCUT2D eigenvalue weighted by atomic mass is 16.4. The Morgan fingerprint density at radius 3 is 2.67 bits per heavy atom. The maximum atomic E-state index is 12.7. The molecule has 1 atom stereocenters. The summed E-state index contributed by atoms with van der Waals surface area (Å²) in [7, 11) is 1.76. The lowest BCUT2D eigenvalue weighted by atomic mass is 9.95. The predicted octanol–water partition coefficient (Wildman–Crippen LogP) is 1.81. The second-order valence-electron chi connectivity index (χ2n) is 6.47. The van der Waals surface area contributed by atoms with Gasteiger partial charge in [-0.15, -0.1) is 0 Å². The fraction of sp³-hybridized carbons (Fsp3) is 0.444. The first kappa shape index (κ1) is 16.5. The number of fused-ring (bicyclic) bond motifs is 1. The number of benzene rings is 1. The number of carbonyl (C=O) groups excluding carboxylic acids is 1. The Morgan fingerprint density at radius 1 is 1.29 bits per heavy atom. The van der Waals surface area contributed by atoms with Crippen LogP contribution < -0.4 is 10.6 Å². The summed E-state index contributed by atoms with van der Waals surface area (Å²) in [6, 6.07) is 6.80. The van der Waals surface area contributed by atoms with Gasteiger partial charge in [-0.2, -0.15) is 0 Å².